The summed E-state index contributed by atoms with van der Waals surface area (Å²) in [5.74, 6) is -0.842. The summed E-state index contributed by atoms with van der Waals surface area (Å²) in [6.07, 6.45) is 4.89. The van der Waals surface area contributed by atoms with E-state index in [0.717, 1.165) is 6.42 Å². The number of carbonyl (C=O) groups excluding carboxylic acids is 2. The predicted octanol–water partition coefficient (Wildman–Crippen LogP) is 2.65. The van der Waals surface area contributed by atoms with Gasteiger partial charge in [0.2, 0.25) is 0 Å². The Morgan fingerprint density at radius 1 is 1.25 bits per heavy atom. The summed E-state index contributed by atoms with van der Waals surface area (Å²) in [7, 11) is 0. The topological polar surface area (TPSA) is 157 Å². The molecule has 150 valence electrons. The minimum Gasteiger partial charge on any atom is -0.507 e. The number of hydrogen-bond acceptors (Lipinski definition) is 6. The average Bonchev–Trinajstić information content (AvgIpc) is 2.65. The van der Waals surface area contributed by atoms with Gasteiger partial charge in [-0.15, -0.1) is 0 Å². The fraction of sp³-hybridized carbons (Fsp3) is 0.444. The number of benzene rings is 1. The van der Waals surface area contributed by atoms with E-state index in [9.17, 15) is 19.8 Å². The Kier molecular flexibility index (Phi) is 8.13. The van der Waals surface area contributed by atoms with Gasteiger partial charge in [0.1, 0.15) is 11.9 Å². The van der Waals surface area contributed by atoms with Gasteiger partial charge >= 0.3 is 6.09 Å². The molecule has 1 aliphatic carbocycles. The maximum atomic E-state index is 12.0. The molecule has 0 aliphatic heterocycles. The van der Waals surface area contributed by atoms with Gasteiger partial charge in [0.15, 0.2) is 0 Å². The van der Waals surface area contributed by atoms with E-state index >= 15 is 0 Å². The fourth-order valence-corrected chi connectivity index (χ4v) is 2.67. The minimum atomic E-state index is -0.611. The van der Waals surface area contributed by atoms with Crippen LogP contribution in [0.25, 0.3) is 10.4 Å². The molecule has 0 heterocycles. The number of phenols is 1. The molecule has 0 bridgehead atoms. The van der Waals surface area contributed by atoms with Crippen molar-refractivity contribution in [1.29, 1.82) is 0 Å². The van der Waals surface area contributed by atoms with Gasteiger partial charge in [0.05, 0.1) is 11.7 Å². The third-order valence-corrected chi connectivity index (χ3v) is 4.13. The standard InChI is InChI=1S/C18H23N5O5/c19-23-22-12-5-8-15(16(25)11-12)17(26)20-9-10-21-18(27)28-14-4-2-1-3-13(24)6-7-14/h2,4-5,8,11,13-14,24-25H,1,3,6-7,9-10H2,(H,20,26)(H,21,27)/b4-2+/t13-,14?/m0/s1. The third kappa shape index (κ3) is 6.82. The van der Waals surface area contributed by atoms with Gasteiger partial charge in [-0.05, 0) is 49.4 Å². The third-order valence-electron chi connectivity index (χ3n) is 4.13. The quantitative estimate of drug-likeness (QED) is 0.193. The van der Waals surface area contributed by atoms with Crippen LogP contribution in [0.3, 0.4) is 0 Å². The van der Waals surface area contributed by atoms with Crippen LogP contribution in [-0.2, 0) is 4.74 Å². The van der Waals surface area contributed by atoms with Crippen LogP contribution in [0.4, 0.5) is 10.5 Å². The molecule has 0 radical (unpaired) electrons. The number of alkyl carbamates (subject to hydrolysis) is 1. The molecule has 1 unspecified atom stereocenters. The minimum absolute atomic E-state index is 0.0256. The van der Waals surface area contributed by atoms with Gasteiger partial charge in [-0.2, -0.15) is 0 Å². The highest BCUT2D eigenvalue weighted by atomic mass is 16.6. The summed E-state index contributed by atoms with van der Waals surface area (Å²) in [5, 5.41) is 27.9. The second-order valence-electron chi connectivity index (χ2n) is 6.25. The van der Waals surface area contributed by atoms with Crippen LogP contribution in [0, 0.1) is 0 Å². The van der Waals surface area contributed by atoms with E-state index in [1.807, 2.05) is 12.2 Å². The highest BCUT2D eigenvalue weighted by Crippen LogP contribution is 2.23. The van der Waals surface area contributed by atoms with Crippen molar-refractivity contribution in [1.82, 2.24) is 10.6 Å². The van der Waals surface area contributed by atoms with E-state index in [4.69, 9.17) is 10.3 Å². The molecule has 1 aromatic carbocycles. The predicted molar refractivity (Wildman–Crippen MR) is 101 cm³/mol. The lowest BCUT2D eigenvalue weighted by Crippen LogP contribution is -2.36. The molecule has 0 saturated carbocycles. The van der Waals surface area contributed by atoms with Crippen LogP contribution in [-0.4, -0.2) is 47.5 Å². The summed E-state index contributed by atoms with van der Waals surface area (Å²) >= 11 is 0. The Bertz CT molecular complexity index is 776. The van der Waals surface area contributed by atoms with Crippen molar-refractivity contribution < 1.29 is 24.5 Å². The number of aromatic hydroxyl groups is 1. The second-order valence-corrected chi connectivity index (χ2v) is 6.25. The number of aliphatic hydroxyl groups excluding tert-OH is 1. The first-order chi connectivity index (χ1) is 13.5. The number of ether oxygens (including phenoxy) is 1. The molecule has 2 atom stereocenters. The SMILES string of the molecule is [N-]=[N+]=Nc1ccc(C(=O)NCCNC(=O)OC2/C=C/CC[C@H](O)CC2)c(O)c1. The van der Waals surface area contributed by atoms with Crippen molar-refractivity contribution in [3.63, 3.8) is 0 Å². The molecule has 10 nitrogen and oxygen atoms in total. The lowest BCUT2D eigenvalue weighted by atomic mass is 10.0. The van der Waals surface area contributed by atoms with Crippen molar-refractivity contribution in [2.24, 2.45) is 5.11 Å². The Balaban J connectivity index is 1.73. The molecule has 2 rings (SSSR count). The number of aliphatic hydroxyl groups is 1. The summed E-state index contributed by atoms with van der Waals surface area (Å²) in [5.41, 5.74) is 8.57. The Morgan fingerprint density at radius 3 is 2.79 bits per heavy atom. The molecule has 0 fully saturated rings. The first-order valence-electron chi connectivity index (χ1n) is 8.95. The summed E-state index contributed by atoms with van der Waals surface area (Å²) < 4.78 is 5.28. The highest BCUT2D eigenvalue weighted by Gasteiger charge is 2.16. The zero-order valence-electron chi connectivity index (χ0n) is 15.2. The molecular weight excluding hydrogens is 366 g/mol. The average molecular weight is 389 g/mol. The Hall–Kier alpha value is -3.23. The maximum Gasteiger partial charge on any atom is 0.407 e. The maximum absolute atomic E-state index is 12.0. The zero-order chi connectivity index (χ0) is 20.4. The molecule has 0 saturated heterocycles. The van der Waals surface area contributed by atoms with E-state index in [0.29, 0.717) is 19.3 Å². The van der Waals surface area contributed by atoms with Gasteiger partial charge in [0, 0.05) is 23.7 Å². The molecule has 0 spiro atoms. The van der Waals surface area contributed by atoms with Crippen molar-refractivity contribution in [3.8, 4) is 5.75 Å². The van der Waals surface area contributed by atoms with E-state index in [1.54, 1.807) is 0 Å². The molecule has 2 amide bonds. The summed E-state index contributed by atoms with van der Waals surface area (Å²) in [6, 6.07) is 3.93. The molecule has 1 aliphatic rings. The number of rotatable bonds is 6. The highest BCUT2D eigenvalue weighted by molar-refractivity contribution is 5.97. The Labute approximate surface area is 161 Å². The molecule has 28 heavy (non-hydrogen) atoms. The monoisotopic (exact) mass is 389 g/mol. The van der Waals surface area contributed by atoms with E-state index in [2.05, 4.69) is 20.7 Å². The van der Waals surface area contributed by atoms with Crippen molar-refractivity contribution in [3.05, 3.63) is 46.4 Å². The molecule has 1 aromatic rings. The lowest BCUT2D eigenvalue weighted by molar-refractivity contribution is 0.0909. The lowest BCUT2D eigenvalue weighted by Gasteiger charge is -2.19. The largest absolute Gasteiger partial charge is 0.507 e. The fourth-order valence-electron chi connectivity index (χ4n) is 2.67. The van der Waals surface area contributed by atoms with Crippen molar-refractivity contribution >= 4 is 17.7 Å². The zero-order valence-corrected chi connectivity index (χ0v) is 15.2. The van der Waals surface area contributed by atoms with Gasteiger partial charge < -0.3 is 25.6 Å². The number of allylic oxidation sites excluding steroid dienone is 1. The molecule has 4 N–H and O–H groups in total. The van der Waals surface area contributed by atoms with Gasteiger partial charge in [-0.25, -0.2) is 4.79 Å². The number of amides is 2. The summed E-state index contributed by atoms with van der Waals surface area (Å²) in [6.45, 7) is 0.270. The van der Waals surface area contributed by atoms with E-state index in [1.165, 1.54) is 18.2 Å². The number of azide groups is 1. The number of nitrogens with one attached hydrogen (secondary N) is 2. The first-order valence-corrected chi connectivity index (χ1v) is 8.95. The molecule has 10 heteroatoms. The number of carbonyl (C=O) groups is 2. The van der Waals surface area contributed by atoms with E-state index < -0.39 is 18.1 Å². The number of nitrogens with zero attached hydrogens (tertiary/aromatic N) is 3. The summed E-state index contributed by atoms with van der Waals surface area (Å²) in [4.78, 5) is 26.5. The first kappa shape index (κ1) is 21.1. The van der Waals surface area contributed by atoms with Crippen LogP contribution < -0.4 is 10.6 Å². The van der Waals surface area contributed by atoms with Crippen molar-refractivity contribution in [2.45, 2.75) is 37.9 Å². The van der Waals surface area contributed by atoms with Gasteiger partial charge in [0.25, 0.3) is 5.91 Å². The number of phenolic OH excluding ortho intramolecular Hbond substituents is 1. The van der Waals surface area contributed by atoms with E-state index in [-0.39, 0.29) is 36.2 Å². The molecular formula is C18H23N5O5. The van der Waals surface area contributed by atoms with Crippen LogP contribution in [0.2, 0.25) is 0 Å². The molecule has 0 aromatic heterocycles. The van der Waals surface area contributed by atoms with Crippen LogP contribution in [0.5, 0.6) is 5.75 Å². The second kappa shape index (κ2) is 10.8. The van der Waals surface area contributed by atoms with Crippen LogP contribution in [0.1, 0.15) is 36.0 Å². The Morgan fingerprint density at radius 2 is 2.04 bits per heavy atom. The van der Waals surface area contributed by atoms with Crippen molar-refractivity contribution in [2.75, 3.05) is 13.1 Å². The normalized spacial score (nSPS) is 20.0. The smallest absolute Gasteiger partial charge is 0.407 e. The van der Waals surface area contributed by atoms with Crippen LogP contribution >= 0.6 is 0 Å². The van der Waals surface area contributed by atoms with Crippen LogP contribution in [0.15, 0.2) is 35.5 Å². The van der Waals surface area contributed by atoms with Gasteiger partial charge in [-0.3, -0.25) is 4.79 Å². The number of hydrogen-bond donors (Lipinski definition) is 4. The van der Waals surface area contributed by atoms with Gasteiger partial charge in [-0.1, -0.05) is 17.3 Å².